The summed E-state index contributed by atoms with van der Waals surface area (Å²) in [5, 5.41) is 5.60. The molecular weight excluding hydrogens is 463 g/mol. The van der Waals surface area contributed by atoms with Crippen LogP contribution in [0.15, 0.2) is 78.9 Å². The van der Waals surface area contributed by atoms with E-state index in [9.17, 15) is 18.8 Å². The van der Waals surface area contributed by atoms with Gasteiger partial charge in [0, 0.05) is 30.9 Å². The van der Waals surface area contributed by atoms with E-state index in [1.54, 1.807) is 31.4 Å². The molecule has 1 unspecified atom stereocenters. The number of nitrogens with one attached hydrogen (secondary N) is 2. The van der Waals surface area contributed by atoms with Gasteiger partial charge in [0.05, 0.1) is 13.7 Å². The largest absolute Gasteiger partial charge is 0.497 e. The zero-order chi connectivity index (χ0) is 25.5. The maximum Gasteiger partial charge on any atom is 0.321 e. The van der Waals surface area contributed by atoms with Gasteiger partial charge in [-0.25, -0.2) is 9.18 Å². The predicted octanol–water partition coefficient (Wildman–Crippen LogP) is 3.51. The summed E-state index contributed by atoms with van der Waals surface area (Å²) < 4.78 is 18.4. The third-order valence-corrected chi connectivity index (χ3v) is 5.95. The Morgan fingerprint density at radius 2 is 1.72 bits per heavy atom. The van der Waals surface area contributed by atoms with Crippen LogP contribution in [-0.4, -0.2) is 60.4 Å². The van der Waals surface area contributed by atoms with Gasteiger partial charge in [0.2, 0.25) is 5.91 Å². The molecule has 3 aromatic carbocycles. The maximum absolute atomic E-state index is 13.3. The third-order valence-electron chi connectivity index (χ3n) is 5.95. The number of amides is 4. The number of ether oxygens (including phenoxy) is 1. The lowest BCUT2D eigenvalue weighted by molar-refractivity contribution is -0.127. The highest BCUT2D eigenvalue weighted by molar-refractivity contribution is 5.98. The van der Waals surface area contributed by atoms with Crippen molar-refractivity contribution in [3.05, 3.63) is 95.8 Å². The van der Waals surface area contributed by atoms with E-state index in [-0.39, 0.29) is 38.0 Å². The highest BCUT2D eigenvalue weighted by atomic mass is 19.1. The van der Waals surface area contributed by atoms with Gasteiger partial charge in [-0.15, -0.1) is 0 Å². The van der Waals surface area contributed by atoms with Gasteiger partial charge in [0.25, 0.3) is 5.91 Å². The number of carbonyl (C=O) groups excluding carboxylic acids is 3. The summed E-state index contributed by atoms with van der Waals surface area (Å²) in [7, 11) is 1.57. The molecule has 8 nitrogen and oxygen atoms in total. The van der Waals surface area contributed by atoms with Crippen molar-refractivity contribution in [2.45, 2.75) is 12.6 Å². The Kier molecular flexibility index (Phi) is 7.79. The molecule has 0 aromatic heterocycles. The highest BCUT2D eigenvalue weighted by Gasteiger charge is 2.37. The molecule has 1 aliphatic heterocycles. The number of benzene rings is 3. The number of methoxy groups -OCH3 is 1. The lowest BCUT2D eigenvalue weighted by Gasteiger charge is -2.40. The van der Waals surface area contributed by atoms with E-state index in [2.05, 4.69) is 10.6 Å². The molecule has 0 radical (unpaired) electrons. The molecule has 4 rings (SSSR count). The van der Waals surface area contributed by atoms with Gasteiger partial charge in [-0.2, -0.15) is 0 Å². The molecule has 1 atom stereocenters. The summed E-state index contributed by atoms with van der Waals surface area (Å²) in [6.07, 6.45) is 0. The van der Waals surface area contributed by atoms with Crippen LogP contribution in [0.2, 0.25) is 0 Å². The monoisotopic (exact) mass is 490 g/mol. The van der Waals surface area contributed by atoms with Crippen LogP contribution in [0.3, 0.4) is 0 Å². The average Bonchev–Trinajstić information content (AvgIpc) is 2.92. The molecule has 0 spiro atoms. The second kappa shape index (κ2) is 11.4. The SMILES string of the molecule is COc1cccc(CNC(=O)C2CN(C(=O)Nc3ccc(F)cc3)CCN2C(=O)c2ccccc2)c1. The Balaban J connectivity index is 1.49. The molecule has 1 heterocycles. The van der Waals surface area contributed by atoms with Crippen LogP contribution in [0, 0.1) is 5.82 Å². The molecule has 186 valence electrons. The molecule has 0 aliphatic carbocycles. The maximum atomic E-state index is 13.3. The van der Waals surface area contributed by atoms with Crippen molar-refractivity contribution in [1.82, 2.24) is 15.1 Å². The molecule has 36 heavy (non-hydrogen) atoms. The Morgan fingerprint density at radius 1 is 0.972 bits per heavy atom. The summed E-state index contributed by atoms with van der Waals surface area (Å²) >= 11 is 0. The molecule has 9 heteroatoms. The molecule has 2 N–H and O–H groups in total. The Bertz CT molecular complexity index is 1220. The first-order chi connectivity index (χ1) is 17.4. The van der Waals surface area contributed by atoms with Crippen molar-refractivity contribution < 1.29 is 23.5 Å². The second-order valence-electron chi connectivity index (χ2n) is 8.33. The van der Waals surface area contributed by atoms with Crippen molar-refractivity contribution in [2.75, 3.05) is 32.1 Å². The molecule has 3 aromatic rings. The molecule has 1 fully saturated rings. The quantitative estimate of drug-likeness (QED) is 0.553. The lowest BCUT2D eigenvalue weighted by atomic mass is 10.1. The smallest absolute Gasteiger partial charge is 0.321 e. The summed E-state index contributed by atoms with van der Waals surface area (Å²) in [6.45, 7) is 0.671. The van der Waals surface area contributed by atoms with E-state index in [0.717, 1.165) is 5.56 Å². The van der Waals surface area contributed by atoms with E-state index < -0.39 is 17.9 Å². The van der Waals surface area contributed by atoms with Crippen LogP contribution >= 0.6 is 0 Å². The lowest BCUT2D eigenvalue weighted by Crippen LogP contribution is -2.62. The highest BCUT2D eigenvalue weighted by Crippen LogP contribution is 2.18. The number of halogens is 1. The minimum atomic E-state index is -0.893. The normalized spacial score (nSPS) is 15.2. The Labute approximate surface area is 208 Å². The molecule has 0 saturated carbocycles. The van der Waals surface area contributed by atoms with Crippen molar-refractivity contribution in [1.29, 1.82) is 0 Å². The second-order valence-corrected chi connectivity index (χ2v) is 8.33. The summed E-state index contributed by atoms with van der Waals surface area (Å²) in [5.41, 5.74) is 1.74. The predicted molar refractivity (Wildman–Crippen MR) is 133 cm³/mol. The van der Waals surface area contributed by atoms with E-state index in [0.29, 0.717) is 17.0 Å². The van der Waals surface area contributed by atoms with Crippen LogP contribution < -0.4 is 15.4 Å². The van der Waals surface area contributed by atoms with E-state index in [1.165, 1.54) is 34.1 Å². The number of urea groups is 1. The summed E-state index contributed by atoms with van der Waals surface area (Å²) in [5.74, 6) is -0.394. The van der Waals surface area contributed by atoms with Crippen LogP contribution in [0.4, 0.5) is 14.9 Å². The minimum Gasteiger partial charge on any atom is -0.497 e. The van der Waals surface area contributed by atoms with Gasteiger partial charge in [-0.1, -0.05) is 30.3 Å². The van der Waals surface area contributed by atoms with Crippen molar-refractivity contribution in [2.24, 2.45) is 0 Å². The first-order valence-electron chi connectivity index (χ1n) is 11.5. The van der Waals surface area contributed by atoms with Gasteiger partial charge in [0.15, 0.2) is 0 Å². The van der Waals surface area contributed by atoms with Crippen molar-refractivity contribution in [3.8, 4) is 5.75 Å². The summed E-state index contributed by atoms with van der Waals surface area (Å²) in [4.78, 5) is 42.4. The molecular formula is C27H27FN4O4. The first-order valence-corrected chi connectivity index (χ1v) is 11.5. The number of rotatable bonds is 6. The van der Waals surface area contributed by atoms with Gasteiger partial charge in [-0.3, -0.25) is 9.59 Å². The standard InChI is InChI=1S/C27H27FN4O4/c1-36-23-9-5-6-19(16-23)17-29-25(33)24-18-31(27(35)30-22-12-10-21(28)11-13-22)14-15-32(24)26(34)20-7-3-2-4-8-20/h2-13,16,24H,14-15,17-18H2,1H3,(H,29,33)(H,30,35). The summed E-state index contributed by atoms with van der Waals surface area (Å²) in [6, 6.07) is 20.1. The van der Waals surface area contributed by atoms with Crippen LogP contribution in [0.25, 0.3) is 0 Å². The first kappa shape index (κ1) is 24.7. The Morgan fingerprint density at radius 3 is 2.44 bits per heavy atom. The Hall–Kier alpha value is -4.40. The number of hydrogen-bond acceptors (Lipinski definition) is 4. The fourth-order valence-electron chi connectivity index (χ4n) is 4.01. The zero-order valence-corrected chi connectivity index (χ0v) is 19.8. The average molecular weight is 491 g/mol. The van der Waals surface area contributed by atoms with Gasteiger partial charge in [0.1, 0.15) is 17.6 Å². The molecule has 1 aliphatic rings. The van der Waals surface area contributed by atoms with Crippen molar-refractivity contribution in [3.63, 3.8) is 0 Å². The van der Waals surface area contributed by atoms with Gasteiger partial charge < -0.3 is 25.2 Å². The van der Waals surface area contributed by atoms with Crippen molar-refractivity contribution >= 4 is 23.5 Å². The zero-order valence-electron chi connectivity index (χ0n) is 19.8. The van der Waals surface area contributed by atoms with E-state index >= 15 is 0 Å². The third kappa shape index (κ3) is 5.99. The van der Waals surface area contributed by atoms with Crippen LogP contribution in [0.5, 0.6) is 5.75 Å². The molecule has 1 saturated heterocycles. The topological polar surface area (TPSA) is 91.0 Å². The number of nitrogens with zero attached hydrogens (tertiary/aromatic N) is 2. The molecule has 0 bridgehead atoms. The fraction of sp³-hybridized carbons (Fsp3) is 0.222. The number of anilines is 1. The van der Waals surface area contributed by atoms with Crippen LogP contribution in [0.1, 0.15) is 15.9 Å². The van der Waals surface area contributed by atoms with Gasteiger partial charge >= 0.3 is 6.03 Å². The number of hydrogen-bond donors (Lipinski definition) is 2. The molecule has 4 amide bonds. The number of carbonyl (C=O) groups is 3. The van der Waals surface area contributed by atoms with E-state index in [4.69, 9.17) is 4.74 Å². The minimum absolute atomic E-state index is 0.00947. The fourth-order valence-corrected chi connectivity index (χ4v) is 4.01. The number of piperazine rings is 1. The van der Waals surface area contributed by atoms with Gasteiger partial charge in [-0.05, 0) is 54.1 Å². The van der Waals surface area contributed by atoms with E-state index in [1.807, 2.05) is 30.3 Å². The van der Waals surface area contributed by atoms with Crippen LogP contribution in [-0.2, 0) is 11.3 Å².